The van der Waals surface area contributed by atoms with Gasteiger partial charge in [-0.3, -0.25) is 4.99 Å². The number of aliphatic imine (C=N–C) groups is 1. The summed E-state index contributed by atoms with van der Waals surface area (Å²) >= 11 is 0. The van der Waals surface area contributed by atoms with E-state index in [1.165, 1.54) is 0 Å². The van der Waals surface area contributed by atoms with Crippen molar-refractivity contribution in [1.82, 2.24) is 10.6 Å². The monoisotopic (exact) mass is 265 g/mol. The molecule has 5 nitrogen and oxygen atoms in total. The summed E-state index contributed by atoms with van der Waals surface area (Å²) in [7, 11) is 1.68. The Balaban J connectivity index is 2.47. The van der Waals surface area contributed by atoms with Crippen molar-refractivity contribution < 1.29 is 9.84 Å². The van der Waals surface area contributed by atoms with Gasteiger partial charge in [-0.25, -0.2) is 0 Å². The lowest BCUT2D eigenvalue weighted by Crippen LogP contribution is -2.38. The lowest BCUT2D eigenvalue weighted by atomic mass is 10.1. The molecule has 0 aromatic heterocycles. The smallest absolute Gasteiger partial charge is 0.191 e. The molecule has 0 radical (unpaired) electrons. The number of nitrogens with one attached hydrogen (secondary N) is 2. The van der Waals surface area contributed by atoms with Gasteiger partial charge < -0.3 is 20.5 Å². The molecule has 0 bridgehead atoms. The van der Waals surface area contributed by atoms with Gasteiger partial charge in [0, 0.05) is 13.1 Å². The van der Waals surface area contributed by atoms with Crippen LogP contribution in [0.1, 0.15) is 12.5 Å². The van der Waals surface area contributed by atoms with Gasteiger partial charge in [-0.1, -0.05) is 18.2 Å². The second kappa shape index (κ2) is 9.22. The first kappa shape index (κ1) is 15.3. The van der Waals surface area contributed by atoms with E-state index in [-0.39, 0.29) is 6.61 Å². The summed E-state index contributed by atoms with van der Waals surface area (Å²) in [6.07, 6.45) is 0.855. The zero-order chi connectivity index (χ0) is 13.9. The van der Waals surface area contributed by atoms with Gasteiger partial charge in [-0.05, 0) is 25.0 Å². The first-order valence-electron chi connectivity index (χ1n) is 6.56. The summed E-state index contributed by atoms with van der Waals surface area (Å²) in [5, 5.41) is 15.1. The summed E-state index contributed by atoms with van der Waals surface area (Å²) in [4.78, 5) is 4.22. The number of para-hydroxylation sites is 1. The number of nitrogens with zero attached hydrogens (tertiary/aromatic N) is 1. The SMILES string of the molecule is CCNC(=NCCO)NCCc1ccccc1OC. The average molecular weight is 265 g/mol. The van der Waals surface area contributed by atoms with Crippen molar-refractivity contribution in [2.24, 2.45) is 4.99 Å². The predicted molar refractivity (Wildman–Crippen MR) is 77.8 cm³/mol. The fourth-order valence-corrected chi connectivity index (χ4v) is 1.73. The lowest BCUT2D eigenvalue weighted by Gasteiger charge is -2.12. The summed E-state index contributed by atoms with van der Waals surface area (Å²) in [6.45, 7) is 4.03. The number of aliphatic hydroxyl groups excluding tert-OH is 1. The molecule has 0 saturated heterocycles. The van der Waals surface area contributed by atoms with Crippen LogP contribution in [-0.2, 0) is 6.42 Å². The van der Waals surface area contributed by atoms with Crippen LogP contribution in [0.2, 0.25) is 0 Å². The number of guanidine groups is 1. The highest BCUT2D eigenvalue weighted by Crippen LogP contribution is 2.17. The van der Waals surface area contributed by atoms with E-state index in [1.54, 1.807) is 7.11 Å². The molecule has 0 spiro atoms. The zero-order valence-electron chi connectivity index (χ0n) is 11.6. The Labute approximate surface area is 114 Å². The third-order valence-electron chi connectivity index (χ3n) is 2.59. The Hall–Kier alpha value is -1.75. The van der Waals surface area contributed by atoms with Crippen molar-refractivity contribution in [3.63, 3.8) is 0 Å². The van der Waals surface area contributed by atoms with Gasteiger partial charge in [0.2, 0.25) is 0 Å². The first-order valence-corrected chi connectivity index (χ1v) is 6.56. The second-order valence-corrected chi connectivity index (χ2v) is 3.97. The Morgan fingerprint density at radius 2 is 2.11 bits per heavy atom. The third-order valence-corrected chi connectivity index (χ3v) is 2.59. The van der Waals surface area contributed by atoms with E-state index in [0.29, 0.717) is 6.54 Å². The van der Waals surface area contributed by atoms with Crippen LogP contribution < -0.4 is 15.4 Å². The Morgan fingerprint density at radius 1 is 1.32 bits per heavy atom. The molecule has 0 atom stereocenters. The van der Waals surface area contributed by atoms with Gasteiger partial charge in [-0.2, -0.15) is 0 Å². The Kier molecular flexibility index (Phi) is 7.43. The molecule has 3 N–H and O–H groups in total. The van der Waals surface area contributed by atoms with E-state index < -0.39 is 0 Å². The molecule has 1 aromatic rings. The number of benzene rings is 1. The van der Waals surface area contributed by atoms with Gasteiger partial charge in [0.25, 0.3) is 0 Å². The molecule has 0 saturated carbocycles. The topological polar surface area (TPSA) is 65.9 Å². The molecular formula is C14H23N3O2. The normalized spacial score (nSPS) is 11.2. The van der Waals surface area contributed by atoms with Crippen LogP contribution in [0.4, 0.5) is 0 Å². The molecule has 1 aromatic carbocycles. The van der Waals surface area contributed by atoms with E-state index in [9.17, 15) is 0 Å². The van der Waals surface area contributed by atoms with E-state index in [4.69, 9.17) is 9.84 Å². The molecule has 19 heavy (non-hydrogen) atoms. The van der Waals surface area contributed by atoms with Crippen molar-refractivity contribution in [2.75, 3.05) is 33.4 Å². The molecule has 0 aliphatic rings. The van der Waals surface area contributed by atoms with E-state index in [2.05, 4.69) is 21.7 Å². The maximum Gasteiger partial charge on any atom is 0.191 e. The van der Waals surface area contributed by atoms with E-state index in [1.807, 2.05) is 25.1 Å². The highest BCUT2D eigenvalue weighted by molar-refractivity contribution is 5.79. The minimum absolute atomic E-state index is 0.0586. The minimum atomic E-state index is 0.0586. The molecule has 106 valence electrons. The maximum atomic E-state index is 8.78. The molecule has 0 unspecified atom stereocenters. The van der Waals surface area contributed by atoms with Crippen LogP contribution in [-0.4, -0.2) is 44.4 Å². The summed E-state index contributed by atoms with van der Waals surface area (Å²) < 4.78 is 5.31. The van der Waals surface area contributed by atoms with Gasteiger partial charge >= 0.3 is 0 Å². The minimum Gasteiger partial charge on any atom is -0.496 e. The van der Waals surface area contributed by atoms with Gasteiger partial charge in [0.1, 0.15) is 5.75 Å². The predicted octanol–water partition coefficient (Wildman–Crippen LogP) is 0.785. The summed E-state index contributed by atoms with van der Waals surface area (Å²) in [5.74, 6) is 1.63. The van der Waals surface area contributed by atoms with E-state index in [0.717, 1.165) is 36.8 Å². The van der Waals surface area contributed by atoms with Crippen LogP contribution in [0, 0.1) is 0 Å². The van der Waals surface area contributed by atoms with Crippen molar-refractivity contribution in [3.05, 3.63) is 29.8 Å². The molecule has 0 amide bonds. The molecule has 0 aliphatic carbocycles. The Bertz CT molecular complexity index is 394. The van der Waals surface area contributed by atoms with Gasteiger partial charge in [0.05, 0.1) is 20.3 Å². The van der Waals surface area contributed by atoms with Crippen LogP contribution in [0.3, 0.4) is 0 Å². The highest BCUT2D eigenvalue weighted by Gasteiger charge is 2.02. The fourth-order valence-electron chi connectivity index (χ4n) is 1.73. The maximum absolute atomic E-state index is 8.78. The quantitative estimate of drug-likeness (QED) is 0.503. The molecule has 0 fully saturated rings. The third kappa shape index (κ3) is 5.61. The first-order chi connectivity index (χ1) is 9.31. The molecule has 1 rings (SSSR count). The van der Waals surface area contributed by atoms with Crippen molar-refractivity contribution >= 4 is 5.96 Å². The highest BCUT2D eigenvalue weighted by atomic mass is 16.5. The molecule has 0 aliphatic heterocycles. The van der Waals surface area contributed by atoms with Crippen molar-refractivity contribution in [1.29, 1.82) is 0 Å². The van der Waals surface area contributed by atoms with Gasteiger partial charge in [0.15, 0.2) is 5.96 Å². The number of aliphatic hydroxyl groups is 1. The van der Waals surface area contributed by atoms with E-state index >= 15 is 0 Å². The van der Waals surface area contributed by atoms with Crippen LogP contribution in [0.15, 0.2) is 29.3 Å². The lowest BCUT2D eigenvalue weighted by molar-refractivity contribution is 0.306. The molecular weight excluding hydrogens is 242 g/mol. The van der Waals surface area contributed by atoms with Crippen molar-refractivity contribution in [3.8, 4) is 5.75 Å². The van der Waals surface area contributed by atoms with Gasteiger partial charge in [-0.15, -0.1) is 0 Å². The number of hydrogen-bond acceptors (Lipinski definition) is 3. The van der Waals surface area contributed by atoms with Crippen molar-refractivity contribution in [2.45, 2.75) is 13.3 Å². The standard InChI is InChI=1S/C14H23N3O2/c1-3-15-14(17-10-11-18)16-9-8-12-6-4-5-7-13(12)19-2/h4-7,18H,3,8-11H2,1-2H3,(H2,15,16,17). The molecule has 0 heterocycles. The average Bonchev–Trinajstić information content (AvgIpc) is 2.45. The molecule has 5 heteroatoms. The zero-order valence-corrected chi connectivity index (χ0v) is 11.6. The Morgan fingerprint density at radius 3 is 2.79 bits per heavy atom. The number of rotatable bonds is 7. The summed E-state index contributed by atoms with van der Waals surface area (Å²) in [6, 6.07) is 7.98. The fraction of sp³-hybridized carbons (Fsp3) is 0.500. The second-order valence-electron chi connectivity index (χ2n) is 3.97. The summed E-state index contributed by atoms with van der Waals surface area (Å²) in [5.41, 5.74) is 1.16. The number of hydrogen-bond donors (Lipinski definition) is 3. The van der Waals surface area contributed by atoms with Crippen LogP contribution in [0.25, 0.3) is 0 Å². The number of ether oxygens (including phenoxy) is 1. The number of methoxy groups -OCH3 is 1. The van der Waals surface area contributed by atoms with Crippen LogP contribution in [0.5, 0.6) is 5.75 Å². The van der Waals surface area contributed by atoms with Crippen LogP contribution >= 0.6 is 0 Å². The largest absolute Gasteiger partial charge is 0.496 e.